The van der Waals surface area contributed by atoms with Crippen LogP contribution in [0.4, 0.5) is 5.69 Å². The Kier molecular flexibility index (Phi) is 3.36. The van der Waals surface area contributed by atoms with Gasteiger partial charge in [0, 0.05) is 24.0 Å². The molecule has 0 fully saturated rings. The lowest BCUT2D eigenvalue weighted by Gasteiger charge is -2.18. The average molecular weight is 244 g/mol. The maximum absolute atomic E-state index is 4.37. The first-order chi connectivity index (χ1) is 8.45. The van der Waals surface area contributed by atoms with Gasteiger partial charge >= 0.3 is 0 Å². The third kappa shape index (κ3) is 3.09. The normalized spacial score (nSPS) is 11.6. The molecule has 1 N–H and O–H groups in total. The van der Waals surface area contributed by atoms with Crippen LogP contribution in [0.3, 0.4) is 0 Å². The van der Waals surface area contributed by atoms with Crippen LogP contribution in [0, 0.1) is 6.92 Å². The summed E-state index contributed by atoms with van der Waals surface area (Å²) in [5, 5.41) is 7.71. The Morgan fingerprint density at radius 1 is 1.22 bits per heavy atom. The molecule has 2 heterocycles. The predicted octanol–water partition coefficient (Wildman–Crippen LogP) is 2.95. The predicted molar refractivity (Wildman–Crippen MR) is 73.5 cm³/mol. The second-order valence-corrected chi connectivity index (χ2v) is 5.51. The zero-order valence-electron chi connectivity index (χ0n) is 11.4. The van der Waals surface area contributed by atoms with Gasteiger partial charge in [0.05, 0.1) is 23.6 Å². The molecule has 0 atom stereocenters. The molecular formula is C14H20N4. The number of rotatable bonds is 3. The lowest BCUT2D eigenvalue weighted by molar-refractivity contribution is 0.355. The number of anilines is 1. The number of hydrogen-bond donors (Lipinski definition) is 1. The van der Waals surface area contributed by atoms with Gasteiger partial charge in [0.25, 0.3) is 0 Å². The van der Waals surface area contributed by atoms with Crippen LogP contribution in [-0.2, 0) is 12.1 Å². The smallest absolute Gasteiger partial charge is 0.0543 e. The molecule has 0 saturated carbocycles. The topological polar surface area (TPSA) is 42.7 Å². The van der Waals surface area contributed by atoms with Crippen molar-refractivity contribution in [1.82, 2.24) is 14.8 Å². The molecule has 4 heteroatoms. The summed E-state index contributed by atoms with van der Waals surface area (Å²) in [6, 6.07) is 4.04. The molecule has 0 aliphatic rings. The number of nitrogens with zero attached hydrogens (tertiary/aromatic N) is 3. The van der Waals surface area contributed by atoms with Gasteiger partial charge in [-0.25, -0.2) is 0 Å². The van der Waals surface area contributed by atoms with Gasteiger partial charge < -0.3 is 5.32 Å². The standard InChI is InChI=1S/C14H20N4/c1-11-5-6-13(9-15-11)16-7-12-8-17-18(10-12)14(2,3)4/h5-6,8-10,16H,7H2,1-4H3. The number of nitrogens with one attached hydrogen (secondary N) is 1. The van der Waals surface area contributed by atoms with Crippen LogP contribution in [0.5, 0.6) is 0 Å². The van der Waals surface area contributed by atoms with Crippen molar-refractivity contribution in [1.29, 1.82) is 0 Å². The minimum Gasteiger partial charge on any atom is -0.380 e. The fourth-order valence-corrected chi connectivity index (χ4v) is 1.59. The van der Waals surface area contributed by atoms with Gasteiger partial charge in [0.2, 0.25) is 0 Å². The molecule has 0 spiro atoms. The Balaban J connectivity index is 1.98. The summed E-state index contributed by atoms with van der Waals surface area (Å²) in [5.74, 6) is 0. The number of aromatic nitrogens is 3. The van der Waals surface area contributed by atoms with Gasteiger partial charge in [0.1, 0.15) is 0 Å². The fourth-order valence-electron chi connectivity index (χ4n) is 1.59. The van der Waals surface area contributed by atoms with Crippen molar-refractivity contribution < 1.29 is 0 Å². The van der Waals surface area contributed by atoms with Crippen molar-refractivity contribution in [3.8, 4) is 0 Å². The van der Waals surface area contributed by atoms with E-state index < -0.39 is 0 Å². The number of hydrogen-bond acceptors (Lipinski definition) is 3. The van der Waals surface area contributed by atoms with E-state index >= 15 is 0 Å². The highest BCUT2D eigenvalue weighted by Gasteiger charge is 2.13. The lowest BCUT2D eigenvalue weighted by atomic mass is 10.1. The molecule has 0 amide bonds. The Bertz CT molecular complexity index is 505. The largest absolute Gasteiger partial charge is 0.380 e. The van der Waals surface area contributed by atoms with E-state index in [2.05, 4.69) is 42.4 Å². The van der Waals surface area contributed by atoms with Crippen molar-refractivity contribution in [3.05, 3.63) is 42.0 Å². The summed E-state index contributed by atoms with van der Waals surface area (Å²) in [5.41, 5.74) is 3.26. The molecule has 0 aromatic carbocycles. The van der Waals surface area contributed by atoms with Crippen molar-refractivity contribution in [2.75, 3.05) is 5.32 Å². The van der Waals surface area contributed by atoms with E-state index in [9.17, 15) is 0 Å². The zero-order chi connectivity index (χ0) is 13.2. The molecular weight excluding hydrogens is 224 g/mol. The second kappa shape index (κ2) is 4.80. The molecule has 2 aromatic rings. The van der Waals surface area contributed by atoms with Crippen molar-refractivity contribution in [3.63, 3.8) is 0 Å². The molecule has 0 radical (unpaired) electrons. The molecule has 18 heavy (non-hydrogen) atoms. The number of aryl methyl sites for hydroxylation is 1. The second-order valence-electron chi connectivity index (χ2n) is 5.51. The first kappa shape index (κ1) is 12.6. The van der Waals surface area contributed by atoms with Crippen molar-refractivity contribution in [2.24, 2.45) is 0 Å². The number of pyridine rings is 1. The highest BCUT2D eigenvalue weighted by Crippen LogP contribution is 2.14. The van der Waals surface area contributed by atoms with E-state index in [1.807, 2.05) is 36.1 Å². The Labute approximate surface area is 108 Å². The van der Waals surface area contributed by atoms with E-state index in [0.717, 1.165) is 17.9 Å². The quantitative estimate of drug-likeness (QED) is 0.902. The van der Waals surface area contributed by atoms with E-state index in [1.165, 1.54) is 5.56 Å². The van der Waals surface area contributed by atoms with E-state index in [1.54, 1.807) is 0 Å². The maximum Gasteiger partial charge on any atom is 0.0543 e. The van der Waals surface area contributed by atoms with Gasteiger partial charge in [-0.3, -0.25) is 9.67 Å². The van der Waals surface area contributed by atoms with Gasteiger partial charge in [-0.15, -0.1) is 0 Å². The summed E-state index contributed by atoms with van der Waals surface area (Å²) >= 11 is 0. The van der Waals surface area contributed by atoms with Crippen LogP contribution < -0.4 is 5.32 Å². The van der Waals surface area contributed by atoms with Crippen LogP contribution in [0.1, 0.15) is 32.0 Å². The third-order valence-electron chi connectivity index (χ3n) is 2.73. The average Bonchev–Trinajstić information content (AvgIpc) is 2.77. The SMILES string of the molecule is Cc1ccc(NCc2cnn(C(C)(C)C)c2)cn1. The summed E-state index contributed by atoms with van der Waals surface area (Å²) in [6.07, 6.45) is 5.83. The van der Waals surface area contributed by atoms with E-state index in [0.29, 0.717) is 0 Å². The highest BCUT2D eigenvalue weighted by atomic mass is 15.3. The molecule has 0 unspecified atom stereocenters. The molecule has 4 nitrogen and oxygen atoms in total. The van der Waals surface area contributed by atoms with Gasteiger partial charge in [-0.1, -0.05) is 0 Å². The molecule has 96 valence electrons. The monoisotopic (exact) mass is 244 g/mol. The van der Waals surface area contributed by atoms with Crippen LogP contribution in [0.25, 0.3) is 0 Å². The molecule has 2 aromatic heterocycles. The van der Waals surface area contributed by atoms with Crippen LogP contribution >= 0.6 is 0 Å². The van der Waals surface area contributed by atoms with Gasteiger partial charge in [0.15, 0.2) is 0 Å². The van der Waals surface area contributed by atoms with Crippen molar-refractivity contribution in [2.45, 2.75) is 39.8 Å². The lowest BCUT2D eigenvalue weighted by Crippen LogP contribution is -2.21. The van der Waals surface area contributed by atoms with Crippen LogP contribution in [0.2, 0.25) is 0 Å². The van der Waals surface area contributed by atoms with Crippen LogP contribution in [-0.4, -0.2) is 14.8 Å². The summed E-state index contributed by atoms with van der Waals surface area (Å²) in [7, 11) is 0. The summed E-state index contributed by atoms with van der Waals surface area (Å²) in [4.78, 5) is 4.25. The Hall–Kier alpha value is -1.84. The molecule has 0 aliphatic heterocycles. The van der Waals surface area contributed by atoms with Gasteiger partial charge in [-0.05, 0) is 39.8 Å². The molecule has 2 rings (SSSR count). The Morgan fingerprint density at radius 2 is 2.00 bits per heavy atom. The summed E-state index contributed by atoms with van der Waals surface area (Å²) < 4.78 is 1.98. The molecule has 0 bridgehead atoms. The van der Waals surface area contributed by atoms with Crippen molar-refractivity contribution >= 4 is 5.69 Å². The maximum atomic E-state index is 4.37. The van der Waals surface area contributed by atoms with Crippen LogP contribution in [0.15, 0.2) is 30.7 Å². The zero-order valence-corrected chi connectivity index (χ0v) is 11.4. The highest BCUT2D eigenvalue weighted by molar-refractivity contribution is 5.41. The van der Waals surface area contributed by atoms with Gasteiger partial charge in [-0.2, -0.15) is 5.10 Å². The third-order valence-corrected chi connectivity index (χ3v) is 2.73. The summed E-state index contributed by atoms with van der Waals surface area (Å²) in [6.45, 7) is 9.17. The first-order valence-electron chi connectivity index (χ1n) is 6.16. The Morgan fingerprint density at radius 3 is 2.56 bits per heavy atom. The minimum atomic E-state index is 0.0314. The first-order valence-corrected chi connectivity index (χ1v) is 6.16. The van der Waals surface area contributed by atoms with E-state index in [-0.39, 0.29) is 5.54 Å². The molecule has 0 saturated heterocycles. The minimum absolute atomic E-state index is 0.0314. The fraction of sp³-hybridized carbons (Fsp3) is 0.429. The van der Waals surface area contributed by atoms with E-state index in [4.69, 9.17) is 0 Å². The molecule has 0 aliphatic carbocycles.